The minimum absolute atomic E-state index is 0.0291. The molecule has 0 bridgehead atoms. The first kappa shape index (κ1) is 15.8. The zero-order chi connectivity index (χ0) is 16.4. The van der Waals surface area contributed by atoms with Gasteiger partial charge >= 0.3 is 0 Å². The van der Waals surface area contributed by atoms with Gasteiger partial charge in [-0.2, -0.15) is 0 Å². The number of hydrogen-bond acceptors (Lipinski definition) is 4. The number of hydrogen-bond donors (Lipinski definition) is 0. The summed E-state index contributed by atoms with van der Waals surface area (Å²) < 4.78 is 7.02. The second kappa shape index (κ2) is 6.58. The number of carbonyl (C=O) groups excluding carboxylic acids is 2. The van der Waals surface area contributed by atoms with E-state index in [-0.39, 0.29) is 11.8 Å². The molecule has 23 heavy (non-hydrogen) atoms. The number of amides is 2. The molecule has 1 aliphatic rings. The molecule has 6 heteroatoms. The summed E-state index contributed by atoms with van der Waals surface area (Å²) in [6, 6.07) is 7.91. The summed E-state index contributed by atoms with van der Waals surface area (Å²) in [5.74, 6) is 0.739. The minimum atomic E-state index is -0.532. The van der Waals surface area contributed by atoms with E-state index in [1.165, 1.54) is 4.70 Å². The van der Waals surface area contributed by atoms with Gasteiger partial charge < -0.3 is 14.5 Å². The summed E-state index contributed by atoms with van der Waals surface area (Å²) in [6.07, 6.45) is -0.532. The number of fused-ring (bicyclic) bond motifs is 1. The molecule has 1 atom stereocenters. The van der Waals surface area contributed by atoms with Gasteiger partial charge in [-0.3, -0.25) is 9.59 Å². The Morgan fingerprint density at radius 2 is 1.83 bits per heavy atom. The van der Waals surface area contributed by atoms with E-state index in [1.54, 1.807) is 35.0 Å². The zero-order valence-corrected chi connectivity index (χ0v) is 14.1. The van der Waals surface area contributed by atoms with Gasteiger partial charge in [0.15, 0.2) is 6.10 Å². The molecular formula is C17H20N2O3S. The molecule has 122 valence electrons. The molecule has 0 aliphatic carbocycles. The van der Waals surface area contributed by atoms with Crippen LogP contribution in [0.3, 0.4) is 0 Å². The Hall–Kier alpha value is -2.08. The average Bonchev–Trinajstić information content (AvgIpc) is 3.01. The third-order valence-corrected chi connectivity index (χ3v) is 5.02. The Morgan fingerprint density at radius 1 is 1.13 bits per heavy atom. The molecular weight excluding hydrogens is 312 g/mol. The van der Waals surface area contributed by atoms with Crippen LogP contribution in [0.1, 0.15) is 13.8 Å². The van der Waals surface area contributed by atoms with Gasteiger partial charge in [0.2, 0.25) is 5.91 Å². The minimum Gasteiger partial charge on any atom is -0.481 e. The topological polar surface area (TPSA) is 49.9 Å². The van der Waals surface area contributed by atoms with Gasteiger partial charge in [-0.05, 0) is 42.0 Å². The molecule has 0 N–H and O–H groups in total. The van der Waals surface area contributed by atoms with Gasteiger partial charge in [-0.25, -0.2) is 0 Å². The molecule has 5 nitrogen and oxygen atoms in total. The van der Waals surface area contributed by atoms with E-state index in [0.29, 0.717) is 31.9 Å². The Bertz CT molecular complexity index is 719. The normalized spacial score (nSPS) is 16.4. The molecule has 1 unspecified atom stereocenters. The van der Waals surface area contributed by atoms with Crippen LogP contribution in [0.2, 0.25) is 0 Å². The Balaban J connectivity index is 1.60. The Morgan fingerprint density at radius 3 is 2.52 bits per heavy atom. The number of carbonyl (C=O) groups is 2. The molecule has 1 saturated heterocycles. The number of ether oxygens (including phenoxy) is 1. The molecule has 2 heterocycles. The van der Waals surface area contributed by atoms with Crippen LogP contribution in [-0.2, 0) is 9.59 Å². The summed E-state index contributed by atoms with van der Waals surface area (Å²) >= 11 is 1.68. The molecule has 2 amide bonds. The summed E-state index contributed by atoms with van der Waals surface area (Å²) in [5.41, 5.74) is 0. The van der Waals surface area contributed by atoms with Crippen molar-refractivity contribution in [3.63, 3.8) is 0 Å². The first-order valence-electron chi connectivity index (χ1n) is 7.73. The van der Waals surface area contributed by atoms with Crippen molar-refractivity contribution in [1.29, 1.82) is 0 Å². The second-order valence-electron chi connectivity index (χ2n) is 5.71. The van der Waals surface area contributed by atoms with Gasteiger partial charge in [-0.1, -0.05) is 0 Å². The predicted octanol–water partition coefficient (Wildman–Crippen LogP) is 2.36. The van der Waals surface area contributed by atoms with Gasteiger partial charge in [0.1, 0.15) is 5.75 Å². The highest BCUT2D eigenvalue weighted by molar-refractivity contribution is 7.17. The lowest BCUT2D eigenvalue weighted by Crippen LogP contribution is -2.52. The molecule has 0 saturated carbocycles. The maximum absolute atomic E-state index is 12.5. The fraction of sp³-hybridized carbons (Fsp3) is 0.412. The van der Waals surface area contributed by atoms with E-state index < -0.39 is 6.10 Å². The number of rotatable bonds is 3. The van der Waals surface area contributed by atoms with E-state index in [9.17, 15) is 9.59 Å². The van der Waals surface area contributed by atoms with Gasteiger partial charge in [-0.15, -0.1) is 11.3 Å². The van der Waals surface area contributed by atoms with Crippen LogP contribution in [0.15, 0.2) is 29.6 Å². The highest BCUT2D eigenvalue weighted by atomic mass is 32.1. The number of thiophene rings is 1. The maximum Gasteiger partial charge on any atom is 0.263 e. The molecule has 1 aromatic carbocycles. The monoisotopic (exact) mass is 332 g/mol. The summed E-state index contributed by atoms with van der Waals surface area (Å²) in [5, 5.41) is 3.17. The van der Waals surface area contributed by atoms with Crippen molar-refractivity contribution in [3.8, 4) is 5.75 Å². The molecule has 0 radical (unpaired) electrons. The van der Waals surface area contributed by atoms with Crippen LogP contribution in [0.25, 0.3) is 10.1 Å². The second-order valence-corrected chi connectivity index (χ2v) is 6.66. The molecule has 3 rings (SSSR count). The number of nitrogens with zero attached hydrogens (tertiary/aromatic N) is 2. The quantitative estimate of drug-likeness (QED) is 0.867. The lowest BCUT2D eigenvalue weighted by molar-refractivity contribution is -0.143. The maximum atomic E-state index is 12.5. The van der Waals surface area contributed by atoms with Gasteiger partial charge in [0, 0.05) is 37.8 Å². The molecule has 1 aliphatic heterocycles. The molecule has 0 spiro atoms. The van der Waals surface area contributed by atoms with Crippen LogP contribution < -0.4 is 4.74 Å². The van der Waals surface area contributed by atoms with E-state index >= 15 is 0 Å². The van der Waals surface area contributed by atoms with Gasteiger partial charge in [0.05, 0.1) is 0 Å². The van der Waals surface area contributed by atoms with Crippen LogP contribution in [0, 0.1) is 0 Å². The lowest BCUT2D eigenvalue weighted by Gasteiger charge is -2.35. The lowest BCUT2D eigenvalue weighted by atomic mass is 10.2. The van der Waals surface area contributed by atoms with Crippen LogP contribution in [0.4, 0.5) is 0 Å². The first-order chi connectivity index (χ1) is 11.0. The van der Waals surface area contributed by atoms with Crippen LogP contribution in [0.5, 0.6) is 5.75 Å². The largest absolute Gasteiger partial charge is 0.481 e. The van der Waals surface area contributed by atoms with Crippen LogP contribution in [-0.4, -0.2) is 53.9 Å². The van der Waals surface area contributed by atoms with Gasteiger partial charge in [0.25, 0.3) is 5.91 Å². The third-order valence-electron chi connectivity index (χ3n) is 4.12. The Labute approximate surface area is 139 Å². The first-order valence-corrected chi connectivity index (χ1v) is 8.61. The van der Waals surface area contributed by atoms with Crippen molar-refractivity contribution in [2.24, 2.45) is 0 Å². The fourth-order valence-corrected chi connectivity index (χ4v) is 3.54. The fourth-order valence-electron chi connectivity index (χ4n) is 2.77. The predicted molar refractivity (Wildman–Crippen MR) is 90.7 cm³/mol. The number of piperazine rings is 1. The Kier molecular flexibility index (Phi) is 4.52. The summed E-state index contributed by atoms with van der Waals surface area (Å²) in [6.45, 7) is 5.65. The summed E-state index contributed by atoms with van der Waals surface area (Å²) in [7, 11) is 0. The van der Waals surface area contributed by atoms with Crippen molar-refractivity contribution in [3.05, 3.63) is 29.6 Å². The molecule has 1 fully saturated rings. The van der Waals surface area contributed by atoms with Crippen molar-refractivity contribution in [2.45, 2.75) is 20.0 Å². The zero-order valence-electron chi connectivity index (χ0n) is 13.3. The molecule has 1 aromatic heterocycles. The van der Waals surface area contributed by atoms with Crippen molar-refractivity contribution in [1.82, 2.24) is 9.80 Å². The van der Waals surface area contributed by atoms with E-state index in [2.05, 4.69) is 0 Å². The van der Waals surface area contributed by atoms with Crippen LogP contribution >= 0.6 is 11.3 Å². The SMILES string of the molecule is CC(=O)N1CCN(C(=O)C(C)Oc2ccc3sccc3c2)CC1. The standard InChI is InChI=1S/C17H20N2O3S/c1-12(17(21)19-8-6-18(7-9-19)13(2)20)22-15-3-4-16-14(11-15)5-10-23-16/h3-5,10-12H,6-9H2,1-2H3. The van der Waals surface area contributed by atoms with E-state index in [0.717, 1.165) is 5.39 Å². The van der Waals surface area contributed by atoms with E-state index in [1.807, 2.05) is 29.6 Å². The van der Waals surface area contributed by atoms with E-state index in [4.69, 9.17) is 4.74 Å². The summed E-state index contributed by atoms with van der Waals surface area (Å²) in [4.78, 5) is 27.4. The molecule has 2 aromatic rings. The highest BCUT2D eigenvalue weighted by Crippen LogP contribution is 2.26. The van der Waals surface area contributed by atoms with Crippen molar-refractivity contribution >= 4 is 33.2 Å². The average molecular weight is 332 g/mol. The van der Waals surface area contributed by atoms with Crippen molar-refractivity contribution in [2.75, 3.05) is 26.2 Å². The number of benzene rings is 1. The smallest absolute Gasteiger partial charge is 0.263 e. The van der Waals surface area contributed by atoms with Crippen molar-refractivity contribution < 1.29 is 14.3 Å². The third kappa shape index (κ3) is 3.47. The highest BCUT2D eigenvalue weighted by Gasteiger charge is 2.26.